The lowest BCUT2D eigenvalue weighted by Crippen LogP contribution is -1.95. The Morgan fingerprint density at radius 2 is 1.92 bits per heavy atom. The van der Waals surface area contributed by atoms with E-state index in [1.54, 1.807) is 41.6 Å². The van der Waals surface area contributed by atoms with Crippen LogP contribution in [0.5, 0.6) is 5.75 Å². The first-order chi connectivity index (χ1) is 12.2. The maximum Gasteiger partial charge on any atom is 0.189 e. The third-order valence-corrected chi connectivity index (χ3v) is 3.70. The van der Waals surface area contributed by atoms with Crippen LogP contribution in [0.3, 0.4) is 0 Å². The Balaban J connectivity index is 1.57. The van der Waals surface area contributed by atoms with Gasteiger partial charge in [0.25, 0.3) is 0 Å². The van der Waals surface area contributed by atoms with Gasteiger partial charge in [0.2, 0.25) is 0 Å². The van der Waals surface area contributed by atoms with Crippen LogP contribution in [0.15, 0.2) is 67.3 Å². The van der Waals surface area contributed by atoms with Gasteiger partial charge in [0.05, 0.1) is 11.8 Å². The van der Waals surface area contributed by atoms with E-state index in [1.807, 2.05) is 43.3 Å². The largest absolute Gasteiger partial charge is 0.489 e. The minimum Gasteiger partial charge on any atom is -0.489 e. The zero-order valence-electron chi connectivity index (χ0n) is 14.0. The molecule has 5 nitrogen and oxygen atoms in total. The highest BCUT2D eigenvalue weighted by Gasteiger charge is 2.04. The molecule has 0 aliphatic carbocycles. The Hall–Kier alpha value is -3.21. The second kappa shape index (κ2) is 8.06. The average Bonchev–Trinajstić information content (AvgIpc) is 3.15. The van der Waals surface area contributed by atoms with Gasteiger partial charge in [0.1, 0.15) is 12.4 Å². The van der Waals surface area contributed by atoms with Crippen molar-refractivity contribution in [2.75, 3.05) is 0 Å². The molecule has 0 unspecified atom stereocenters. The zero-order chi connectivity index (χ0) is 17.5. The fourth-order valence-corrected chi connectivity index (χ4v) is 2.25. The number of pyridine rings is 1. The van der Waals surface area contributed by atoms with Crippen LogP contribution in [-0.4, -0.2) is 20.5 Å². The molecule has 5 heteroatoms. The molecule has 0 aliphatic rings. The van der Waals surface area contributed by atoms with Gasteiger partial charge < -0.3 is 4.74 Å². The van der Waals surface area contributed by atoms with Crippen molar-refractivity contribution in [3.05, 3.63) is 84.0 Å². The number of benzene rings is 1. The molecule has 0 spiro atoms. The van der Waals surface area contributed by atoms with Gasteiger partial charge in [0.15, 0.2) is 5.78 Å². The van der Waals surface area contributed by atoms with Crippen molar-refractivity contribution in [2.45, 2.75) is 20.1 Å². The molecule has 0 aliphatic heterocycles. The summed E-state index contributed by atoms with van der Waals surface area (Å²) in [4.78, 5) is 16.1. The molecule has 3 aromatic rings. The van der Waals surface area contributed by atoms with Gasteiger partial charge in [-0.15, -0.1) is 0 Å². The monoisotopic (exact) mass is 333 g/mol. The molecule has 126 valence electrons. The summed E-state index contributed by atoms with van der Waals surface area (Å²) in [5, 5.41) is 4.11. The number of hydrogen-bond donors (Lipinski definition) is 0. The predicted molar refractivity (Wildman–Crippen MR) is 96.3 cm³/mol. The van der Waals surface area contributed by atoms with Crippen molar-refractivity contribution in [3.63, 3.8) is 0 Å². The normalized spacial score (nSPS) is 10.9. The van der Waals surface area contributed by atoms with Crippen LogP contribution in [0, 0.1) is 0 Å². The highest BCUT2D eigenvalue weighted by Crippen LogP contribution is 2.15. The summed E-state index contributed by atoms with van der Waals surface area (Å²) in [5.41, 5.74) is 2.60. The minimum absolute atomic E-state index is 0.0577. The molecule has 0 radical (unpaired) electrons. The summed E-state index contributed by atoms with van der Waals surface area (Å²) in [7, 11) is 0. The van der Waals surface area contributed by atoms with Gasteiger partial charge in [-0.3, -0.25) is 14.5 Å². The van der Waals surface area contributed by atoms with E-state index in [0.29, 0.717) is 12.2 Å². The molecule has 0 N–H and O–H groups in total. The van der Waals surface area contributed by atoms with E-state index < -0.39 is 0 Å². The SMILES string of the molecule is CCn1cc(C(=O)/C=C\c2ccc(OCc3ccncc3)cc2)cn1. The van der Waals surface area contributed by atoms with Crippen LogP contribution in [0.4, 0.5) is 0 Å². The Bertz CT molecular complexity index is 852. The number of aryl methyl sites for hydroxylation is 1. The predicted octanol–water partition coefficient (Wildman–Crippen LogP) is 3.77. The number of ketones is 1. The molecule has 2 aromatic heterocycles. The molecule has 0 amide bonds. The van der Waals surface area contributed by atoms with Gasteiger partial charge in [-0.2, -0.15) is 5.10 Å². The van der Waals surface area contributed by atoms with Crippen molar-refractivity contribution in [1.82, 2.24) is 14.8 Å². The number of rotatable bonds is 7. The van der Waals surface area contributed by atoms with Crippen LogP contribution >= 0.6 is 0 Å². The number of ether oxygens (including phenoxy) is 1. The highest BCUT2D eigenvalue weighted by molar-refractivity contribution is 6.06. The van der Waals surface area contributed by atoms with E-state index >= 15 is 0 Å². The third kappa shape index (κ3) is 4.64. The Morgan fingerprint density at radius 1 is 1.16 bits per heavy atom. The molecule has 0 saturated heterocycles. The Labute approximate surface area is 146 Å². The average molecular weight is 333 g/mol. The molecular weight excluding hydrogens is 314 g/mol. The zero-order valence-corrected chi connectivity index (χ0v) is 14.0. The molecule has 25 heavy (non-hydrogen) atoms. The molecular formula is C20H19N3O2. The molecule has 0 saturated carbocycles. The summed E-state index contributed by atoms with van der Waals surface area (Å²) in [6, 6.07) is 11.5. The van der Waals surface area contributed by atoms with E-state index in [0.717, 1.165) is 23.4 Å². The second-order valence-electron chi connectivity index (χ2n) is 5.50. The smallest absolute Gasteiger partial charge is 0.189 e. The van der Waals surface area contributed by atoms with Gasteiger partial charge in [-0.05, 0) is 48.4 Å². The number of carbonyl (C=O) groups is 1. The van der Waals surface area contributed by atoms with Crippen molar-refractivity contribution in [1.29, 1.82) is 0 Å². The first-order valence-corrected chi connectivity index (χ1v) is 8.11. The van der Waals surface area contributed by atoms with Crippen LogP contribution < -0.4 is 4.74 Å². The van der Waals surface area contributed by atoms with Gasteiger partial charge in [-0.1, -0.05) is 18.2 Å². The number of hydrogen-bond acceptors (Lipinski definition) is 4. The number of allylic oxidation sites excluding steroid dienone is 1. The lowest BCUT2D eigenvalue weighted by molar-refractivity contribution is 0.104. The molecule has 0 fully saturated rings. The first kappa shape index (κ1) is 16.6. The first-order valence-electron chi connectivity index (χ1n) is 8.11. The summed E-state index contributed by atoms with van der Waals surface area (Å²) >= 11 is 0. The van der Waals surface area contributed by atoms with Crippen LogP contribution in [0.1, 0.15) is 28.4 Å². The van der Waals surface area contributed by atoms with E-state index in [9.17, 15) is 4.79 Å². The van der Waals surface area contributed by atoms with Gasteiger partial charge in [-0.25, -0.2) is 0 Å². The van der Waals surface area contributed by atoms with Crippen LogP contribution in [-0.2, 0) is 13.2 Å². The standard InChI is InChI=1S/C20H19N3O2/c1-2-23-14-18(13-22-23)20(24)8-5-16-3-6-19(7-4-16)25-15-17-9-11-21-12-10-17/h3-14H,2,15H2,1H3/b8-5-. The highest BCUT2D eigenvalue weighted by atomic mass is 16.5. The fraction of sp³-hybridized carbons (Fsp3) is 0.150. The van der Waals surface area contributed by atoms with Gasteiger partial charge >= 0.3 is 0 Å². The topological polar surface area (TPSA) is 57.0 Å². The molecule has 0 bridgehead atoms. The third-order valence-electron chi connectivity index (χ3n) is 3.70. The Kier molecular flexibility index (Phi) is 5.36. The van der Waals surface area contributed by atoms with Crippen molar-refractivity contribution >= 4 is 11.9 Å². The lowest BCUT2D eigenvalue weighted by atomic mass is 10.1. The van der Waals surface area contributed by atoms with E-state index in [4.69, 9.17) is 4.74 Å². The maximum absolute atomic E-state index is 12.1. The summed E-state index contributed by atoms with van der Waals surface area (Å²) in [6.45, 7) is 3.23. The molecule has 3 rings (SSSR count). The minimum atomic E-state index is -0.0577. The molecule has 1 aromatic carbocycles. The van der Waals surface area contributed by atoms with Gasteiger partial charge in [0, 0.05) is 25.1 Å². The summed E-state index contributed by atoms with van der Waals surface area (Å²) in [6.07, 6.45) is 10.2. The van der Waals surface area contributed by atoms with E-state index in [2.05, 4.69) is 10.1 Å². The van der Waals surface area contributed by atoms with E-state index in [-0.39, 0.29) is 5.78 Å². The number of aromatic nitrogens is 3. The second-order valence-corrected chi connectivity index (χ2v) is 5.50. The van der Waals surface area contributed by atoms with E-state index in [1.165, 1.54) is 0 Å². The number of nitrogens with zero attached hydrogens (tertiary/aromatic N) is 3. The van der Waals surface area contributed by atoms with Crippen molar-refractivity contribution in [3.8, 4) is 5.75 Å². The number of carbonyl (C=O) groups excluding carboxylic acids is 1. The quantitative estimate of drug-likeness (QED) is 0.488. The van der Waals surface area contributed by atoms with Crippen LogP contribution in [0.2, 0.25) is 0 Å². The summed E-state index contributed by atoms with van der Waals surface area (Å²) < 4.78 is 7.46. The maximum atomic E-state index is 12.1. The fourth-order valence-electron chi connectivity index (χ4n) is 2.25. The molecule has 0 atom stereocenters. The van der Waals surface area contributed by atoms with Crippen molar-refractivity contribution < 1.29 is 9.53 Å². The van der Waals surface area contributed by atoms with Crippen LogP contribution in [0.25, 0.3) is 6.08 Å². The molecule has 2 heterocycles. The lowest BCUT2D eigenvalue weighted by Gasteiger charge is -2.06. The summed E-state index contributed by atoms with van der Waals surface area (Å²) in [5.74, 6) is 0.724. The Morgan fingerprint density at radius 3 is 2.60 bits per heavy atom. The van der Waals surface area contributed by atoms with Crippen molar-refractivity contribution in [2.24, 2.45) is 0 Å².